The van der Waals surface area contributed by atoms with Gasteiger partial charge in [-0.25, -0.2) is 14.8 Å². The number of ether oxygens (including phenoxy) is 2. The summed E-state index contributed by atoms with van der Waals surface area (Å²) in [5.74, 6) is -0.524. The molecule has 1 aromatic carbocycles. The first-order valence-corrected chi connectivity index (χ1v) is 9.51. The molecule has 0 atom stereocenters. The highest BCUT2D eigenvalue weighted by Crippen LogP contribution is 2.24. The Labute approximate surface area is 172 Å². The van der Waals surface area contributed by atoms with Crippen LogP contribution in [0.1, 0.15) is 32.9 Å². The van der Waals surface area contributed by atoms with Gasteiger partial charge in [0, 0.05) is 24.8 Å². The van der Waals surface area contributed by atoms with Crippen LogP contribution in [-0.2, 0) is 22.7 Å². The number of benzene rings is 1. The minimum absolute atomic E-state index is 0.113. The molecule has 0 radical (unpaired) electrons. The number of carbonyl (C=O) groups is 1. The molecule has 0 saturated carbocycles. The van der Waals surface area contributed by atoms with Crippen molar-refractivity contribution in [2.45, 2.75) is 27.1 Å². The molecule has 0 saturated heterocycles. The summed E-state index contributed by atoms with van der Waals surface area (Å²) in [4.78, 5) is 34.4. The summed E-state index contributed by atoms with van der Waals surface area (Å²) < 4.78 is 12.2. The van der Waals surface area contributed by atoms with Crippen molar-refractivity contribution in [1.82, 2.24) is 14.4 Å². The number of esters is 1. The van der Waals surface area contributed by atoms with Gasteiger partial charge in [0.25, 0.3) is 5.56 Å². The Kier molecular flexibility index (Phi) is 5.29. The molecule has 3 aromatic heterocycles. The largest absolute Gasteiger partial charge is 0.456 e. The molecule has 0 N–H and O–H groups in total. The minimum atomic E-state index is -0.524. The summed E-state index contributed by atoms with van der Waals surface area (Å²) in [5.41, 5.74) is 4.03. The maximum atomic E-state index is 13.0. The van der Waals surface area contributed by atoms with Crippen molar-refractivity contribution in [3.63, 3.8) is 0 Å². The number of hydrogen-bond acceptors (Lipinski definition) is 6. The first-order valence-electron chi connectivity index (χ1n) is 9.51. The van der Waals surface area contributed by atoms with Crippen molar-refractivity contribution in [3.8, 4) is 0 Å². The van der Waals surface area contributed by atoms with Crippen LogP contribution in [0.3, 0.4) is 0 Å². The van der Waals surface area contributed by atoms with Gasteiger partial charge >= 0.3 is 5.97 Å². The molecule has 7 heteroatoms. The highest BCUT2D eigenvalue weighted by molar-refractivity contribution is 5.98. The Morgan fingerprint density at radius 2 is 1.87 bits per heavy atom. The molecule has 0 unspecified atom stereocenters. The van der Waals surface area contributed by atoms with E-state index in [4.69, 9.17) is 9.47 Å². The van der Waals surface area contributed by atoms with Gasteiger partial charge in [-0.15, -0.1) is 0 Å². The van der Waals surface area contributed by atoms with E-state index in [0.29, 0.717) is 22.6 Å². The van der Waals surface area contributed by atoms with Gasteiger partial charge in [0.1, 0.15) is 12.3 Å². The zero-order valence-corrected chi connectivity index (χ0v) is 17.0. The number of pyridine rings is 2. The Hall–Kier alpha value is -3.58. The van der Waals surface area contributed by atoms with E-state index in [2.05, 4.69) is 9.97 Å². The van der Waals surface area contributed by atoms with E-state index in [1.807, 2.05) is 44.2 Å². The molecule has 0 aliphatic carbocycles. The van der Waals surface area contributed by atoms with Crippen LogP contribution in [0.15, 0.2) is 53.5 Å². The Bertz CT molecular complexity index is 1330. The molecule has 30 heavy (non-hydrogen) atoms. The maximum Gasteiger partial charge on any atom is 0.340 e. The van der Waals surface area contributed by atoms with Gasteiger partial charge in [-0.05, 0) is 37.1 Å². The van der Waals surface area contributed by atoms with Crippen LogP contribution in [0.4, 0.5) is 0 Å². The van der Waals surface area contributed by atoms with E-state index in [1.54, 1.807) is 19.4 Å². The lowest BCUT2D eigenvalue weighted by molar-refractivity contribution is 0.0461. The van der Waals surface area contributed by atoms with Crippen LogP contribution >= 0.6 is 0 Å². The quantitative estimate of drug-likeness (QED) is 0.475. The molecular weight excluding hydrogens is 382 g/mol. The Morgan fingerprint density at radius 3 is 2.67 bits per heavy atom. The van der Waals surface area contributed by atoms with E-state index in [9.17, 15) is 9.59 Å². The van der Waals surface area contributed by atoms with Crippen molar-refractivity contribution < 1.29 is 14.3 Å². The van der Waals surface area contributed by atoms with Gasteiger partial charge in [0.2, 0.25) is 0 Å². The van der Waals surface area contributed by atoms with Crippen molar-refractivity contribution in [2.24, 2.45) is 0 Å². The van der Waals surface area contributed by atoms with Gasteiger partial charge in [-0.3, -0.25) is 9.20 Å². The topological polar surface area (TPSA) is 82.8 Å². The SMILES string of the molecule is COCc1nc2ccccc2c(C)c1C(=O)OCc1cc(=O)n2cccc(C)c2n1. The summed E-state index contributed by atoms with van der Waals surface area (Å²) >= 11 is 0. The molecule has 0 spiro atoms. The standard InChI is InChI=1S/C23H21N3O4/c1-14-7-6-10-26-20(27)11-16(24-22(14)26)12-30-23(28)21-15(2)17-8-4-5-9-18(17)25-19(21)13-29-3/h4-11H,12-13H2,1-3H3. The molecule has 7 nitrogen and oxygen atoms in total. The van der Waals surface area contributed by atoms with E-state index < -0.39 is 5.97 Å². The molecule has 0 aliphatic heterocycles. The fourth-order valence-electron chi connectivity index (χ4n) is 3.55. The minimum Gasteiger partial charge on any atom is -0.456 e. The lowest BCUT2D eigenvalue weighted by Gasteiger charge is -2.14. The highest BCUT2D eigenvalue weighted by Gasteiger charge is 2.20. The summed E-state index contributed by atoms with van der Waals surface area (Å²) in [7, 11) is 1.55. The van der Waals surface area contributed by atoms with Crippen LogP contribution in [0.25, 0.3) is 16.6 Å². The first kappa shape index (κ1) is 19.7. The number of nitrogens with zero attached hydrogens (tertiary/aromatic N) is 3. The van der Waals surface area contributed by atoms with Gasteiger partial charge in [-0.2, -0.15) is 0 Å². The van der Waals surface area contributed by atoms with Crippen molar-refractivity contribution in [1.29, 1.82) is 0 Å². The number of aryl methyl sites for hydroxylation is 2. The summed E-state index contributed by atoms with van der Waals surface area (Å²) in [6.07, 6.45) is 1.66. The van der Waals surface area contributed by atoms with Crippen molar-refractivity contribution in [3.05, 3.63) is 87.1 Å². The lowest BCUT2D eigenvalue weighted by atomic mass is 10.0. The van der Waals surface area contributed by atoms with E-state index >= 15 is 0 Å². The molecular formula is C23H21N3O4. The fraction of sp³-hybridized carbons (Fsp3) is 0.217. The third kappa shape index (κ3) is 3.55. The van der Waals surface area contributed by atoms with E-state index in [1.165, 1.54) is 10.5 Å². The van der Waals surface area contributed by atoms with Crippen LogP contribution in [0, 0.1) is 13.8 Å². The summed E-state index contributed by atoms with van der Waals surface area (Å²) in [5, 5.41) is 0.877. The van der Waals surface area contributed by atoms with Crippen molar-refractivity contribution >= 4 is 22.5 Å². The molecule has 3 heterocycles. The number of hydrogen-bond donors (Lipinski definition) is 0. The molecule has 0 aliphatic rings. The third-order valence-corrected chi connectivity index (χ3v) is 5.00. The second-order valence-corrected chi connectivity index (χ2v) is 7.06. The second kappa shape index (κ2) is 8.04. The molecule has 0 bridgehead atoms. The maximum absolute atomic E-state index is 13.0. The van der Waals surface area contributed by atoms with Crippen molar-refractivity contribution in [2.75, 3.05) is 7.11 Å². The third-order valence-electron chi connectivity index (χ3n) is 5.00. The smallest absolute Gasteiger partial charge is 0.340 e. The lowest BCUT2D eigenvalue weighted by Crippen LogP contribution is -2.18. The molecule has 4 aromatic rings. The predicted octanol–water partition coefficient (Wildman–Crippen LogP) is 3.36. The molecule has 0 fully saturated rings. The van der Waals surface area contributed by atoms with Crippen LogP contribution in [0.2, 0.25) is 0 Å². The zero-order chi connectivity index (χ0) is 21.3. The number of aromatic nitrogens is 3. The number of rotatable bonds is 5. The van der Waals surface area contributed by atoms with Gasteiger partial charge in [0.05, 0.1) is 29.1 Å². The van der Waals surface area contributed by atoms with E-state index in [-0.39, 0.29) is 18.8 Å². The van der Waals surface area contributed by atoms with Crippen LogP contribution < -0.4 is 5.56 Å². The van der Waals surface area contributed by atoms with Gasteiger partial charge < -0.3 is 9.47 Å². The number of para-hydroxylation sites is 1. The number of fused-ring (bicyclic) bond motifs is 2. The predicted molar refractivity (Wildman–Crippen MR) is 113 cm³/mol. The van der Waals surface area contributed by atoms with Crippen LogP contribution in [-0.4, -0.2) is 27.4 Å². The van der Waals surface area contributed by atoms with Gasteiger partial charge in [0.15, 0.2) is 0 Å². The average molecular weight is 403 g/mol. The van der Waals surface area contributed by atoms with Crippen LogP contribution in [0.5, 0.6) is 0 Å². The van der Waals surface area contributed by atoms with Gasteiger partial charge in [-0.1, -0.05) is 24.3 Å². The molecule has 152 valence electrons. The summed E-state index contributed by atoms with van der Waals surface area (Å²) in [6, 6.07) is 12.6. The Balaban J connectivity index is 1.68. The number of methoxy groups -OCH3 is 1. The Morgan fingerprint density at radius 1 is 1.07 bits per heavy atom. The average Bonchev–Trinajstić information content (AvgIpc) is 2.73. The monoisotopic (exact) mass is 403 g/mol. The normalized spacial score (nSPS) is 11.2. The zero-order valence-electron chi connectivity index (χ0n) is 17.0. The molecule has 4 rings (SSSR count). The number of carbonyl (C=O) groups excluding carboxylic acids is 1. The second-order valence-electron chi connectivity index (χ2n) is 7.06. The summed E-state index contributed by atoms with van der Waals surface area (Å²) in [6.45, 7) is 3.81. The first-order chi connectivity index (χ1) is 14.5. The fourth-order valence-corrected chi connectivity index (χ4v) is 3.55. The van der Waals surface area contributed by atoms with E-state index in [0.717, 1.165) is 22.0 Å². The highest BCUT2D eigenvalue weighted by atomic mass is 16.5. The molecule has 0 amide bonds.